The van der Waals surface area contributed by atoms with Gasteiger partial charge in [0.15, 0.2) is 0 Å². The van der Waals surface area contributed by atoms with Crippen LogP contribution in [-0.4, -0.2) is 28.3 Å². The second-order valence-corrected chi connectivity index (χ2v) is 3.43. The van der Waals surface area contributed by atoms with Gasteiger partial charge in [0.1, 0.15) is 5.82 Å². The number of aliphatic hydroxyl groups is 1. The van der Waals surface area contributed by atoms with Gasteiger partial charge in [-0.05, 0) is 6.92 Å². The SMILES string of the molecule is Cc1nc(CCO)nc2c1COCC2. The summed E-state index contributed by atoms with van der Waals surface area (Å²) in [6.07, 6.45) is 1.39. The Morgan fingerprint density at radius 2 is 2.29 bits per heavy atom. The van der Waals surface area contributed by atoms with Gasteiger partial charge in [0, 0.05) is 24.1 Å². The highest BCUT2D eigenvalue weighted by molar-refractivity contribution is 5.26. The van der Waals surface area contributed by atoms with Crippen molar-refractivity contribution in [2.75, 3.05) is 13.2 Å². The van der Waals surface area contributed by atoms with E-state index >= 15 is 0 Å². The van der Waals surface area contributed by atoms with Crippen molar-refractivity contribution in [3.8, 4) is 0 Å². The van der Waals surface area contributed by atoms with Crippen molar-refractivity contribution in [3.05, 3.63) is 22.8 Å². The van der Waals surface area contributed by atoms with E-state index < -0.39 is 0 Å². The molecule has 0 atom stereocenters. The number of fused-ring (bicyclic) bond motifs is 1. The largest absolute Gasteiger partial charge is 0.396 e. The predicted molar refractivity (Wildman–Crippen MR) is 50.9 cm³/mol. The maximum absolute atomic E-state index is 8.81. The van der Waals surface area contributed by atoms with E-state index in [4.69, 9.17) is 9.84 Å². The number of rotatable bonds is 2. The molecule has 0 aromatic carbocycles. The fraction of sp³-hybridized carbons (Fsp3) is 0.600. The second-order valence-electron chi connectivity index (χ2n) is 3.43. The number of aromatic nitrogens is 2. The average Bonchev–Trinajstić information content (AvgIpc) is 2.18. The highest BCUT2D eigenvalue weighted by Crippen LogP contribution is 2.17. The first-order chi connectivity index (χ1) is 6.81. The Morgan fingerprint density at radius 1 is 1.43 bits per heavy atom. The summed E-state index contributed by atoms with van der Waals surface area (Å²) in [5.41, 5.74) is 3.20. The van der Waals surface area contributed by atoms with Crippen molar-refractivity contribution in [3.63, 3.8) is 0 Å². The Balaban J connectivity index is 2.36. The normalized spacial score (nSPS) is 15.3. The zero-order valence-corrected chi connectivity index (χ0v) is 8.29. The minimum absolute atomic E-state index is 0.106. The predicted octanol–water partition coefficient (Wildman–Crippen LogP) is 0.393. The molecule has 14 heavy (non-hydrogen) atoms. The zero-order chi connectivity index (χ0) is 9.97. The Hall–Kier alpha value is -1.00. The molecular weight excluding hydrogens is 180 g/mol. The van der Waals surface area contributed by atoms with Crippen molar-refractivity contribution in [2.45, 2.75) is 26.4 Å². The van der Waals surface area contributed by atoms with E-state index in [1.165, 1.54) is 0 Å². The molecule has 1 N–H and O–H groups in total. The summed E-state index contributed by atoms with van der Waals surface area (Å²) in [5, 5.41) is 8.81. The summed E-state index contributed by atoms with van der Waals surface area (Å²) in [6, 6.07) is 0. The van der Waals surface area contributed by atoms with E-state index in [2.05, 4.69) is 9.97 Å². The topological polar surface area (TPSA) is 55.2 Å². The lowest BCUT2D eigenvalue weighted by Crippen LogP contribution is -2.16. The van der Waals surface area contributed by atoms with E-state index in [1.54, 1.807) is 0 Å². The van der Waals surface area contributed by atoms with Crippen LogP contribution < -0.4 is 0 Å². The lowest BCUT2D eigenvalue weighted by Gasteiger charge is -2.17. The molecule has 0 amide bonds. The van der Waals surface area contributed by atoms with E-state index in [0.29, 0.717) is 13.0 Å². The molecule has 4 nitrogen and oxygen atoms in total. The van der Waals surface area contributed by atoms with Gasteiger partial charge in [-0.15, -0.1) is 0 Å². The minimum Gasteiger partial charge on any atom is -0.396 e. The number of hydrogen-bond acceptors (Lipinski definition) is 4. The molecule has 2 rings (SSSR count). The average molecular weight is 194 g/mol. The van der Waals surface area contributed by atoms with Crippen LogP contribution in [0.3, 0.4) is 0 Å². The first kappa shape index (κ1) is 9.55. The van der Waals surface area contributed by atoms with Gasteiger partial charge in [-0.1, -0.05) is 0 Å². The zero-order valence-electron chi connectivity index (χ0n) is 8.29. The minimum atomic E-state index is 0.106. The fourth-order valence-electron chi connectivity index (χ4n) is 1.67. The first-order valence-corrected chi connectivity index (χ1v) is 4.85. The highest BCUT2D eigenvalue weighted by Gasteiger charge is 2.15. The van der Waals surface area contributed by atoms with Crippen LogP contribution in [0, 0.1) is 6.92 Å². The molecule has 0 bridgehead atoms. The molecule has 1 aliphatic heterocycles. The Kier molecular flexibility index (Phi) is 2.74. The Bertz CT molecular complexity index is 339. The standard InChI is InChI=1S/C10H14N2O2/c1-7-8-6-14-5-3-9(8)12-10(11-7)2-4-13/h13H,2-6H2,1H3. The van der Waals surface area contributed by atoms with Gasteiger partial charge in [0.05, 0.1) is 25.5 Å². The summed E-state index contributed by atoms with van der Waals surface area (Å²) in [5.74, 6) is 0.741. The molecule has 0 saturated carbocycles. The van der Waals surface area contributed by atoms with Gasteiger partial charge in [0.25, 0.3) is 0 Å². The smallest absolute Gasteiger partial charge is 0.131 e. The molecule has 0 unspecified atom stereocenters. The van der Waals surface area contributed by atoms with Crippen LogP contribution in [0.2, 0.25) is 0 Å². The molecule has 1 aromatic heterocycles. The quantitative estimate of drug-likeness (QED) is 0.740. The fourth-order valence-corrected chi connectivity index (χ4v) is 1.67. The lowest BCUT2D eigenvalue weighted by atomic mass is 10.1. The molecule has 0 saturated heterocycles. The van der Waals surface area contributed by atoms with Crippen LogP contribution in [0.5, 0.6) is 0 Å². The van der Waals surface area contributed by atoms with E-state index in [9.17, 15) is 0 Å². The van der Waals surface area contributed by atoms with Crippen LogP contribution in [0.15, 0.2) is 0 Å². The summed E-state index contributed by atoms with van der Waals surface area (Å²) >= 11 is 0. The van der Waals surface area contributed by atoms with E-state index in [-0.39, 0.29) is 6.61 Å². The van der Waals surface area contributed by atoms with Gasteiger partial charge >= 0.3 is 0 Å². The molecule has 0 aliphatic carbocycles. The third kappa shape index (κ3) is 1.76. The van der Waals surface area contributed by atoms with E-state index in [1.807, 2.05) is 6.92 Å². The molecule has 0 spiro atoms. The summed E-state index contributed by atoms with van der Waals surface area (Å²) < 4.78 is 5.35. The number of ether oxygens (including phenoxy) is 1. The maximum Gasteiger partial charge on any atom is 0.131 e. The summed E-state index contributed by atoms with van der Waals surface area (Å²) in [6.45, 7) is 3.44. The van der Waals surface area contributed by atoms with Crippen molar-refractivity contribution < 1.29 is 9.84 Å². The summed E-state index contributed by atoms with van der Waals surface area (Å²) in [4.78, 5) is 8.74. The van der Waals surface area contributed by atoms with Gasteiger partial charge in [-0.3, -0.25) is 0 Å². The van der Waals surface area contributed by atoms with Crippen LogP contribution in [0.4, 0.5) is 0 Å². The van der Waals surface area contributed by atoms with Crippen LogP contribution in [-0.2, 0) is 24.2 Å². The first-order valence-electron chi connectivity index (χ1n) is 4.85. The lowest BCUT2D eigenvalue weighted by molar-refractivity contribution is 0.108. The summed E-state index contributed by atoms with van der Waals surface area (Å²) in [7, 11) is 0. The van der Waals surface area contributed by atoms with Crippen molar-refractivity contribution in [1.29, 1.82) is 0 Å². The second kappa shape index (κ2) is 4.02. The maximum atomic E-state index is 8.81. The van der Waals surface area contributed by atoms with Crippen LogP contribution in [0.1, 0.15) is 22.8 Å². The molecule has 2 heterocycles. The number of aryl methyl sites for hydroxylation is 1. The van der Waals surface area contributed by atoms with Gasteiger partial charge < -0.3 is 9.84 Å². The van der Waals surface area contributed by atoms with Gasteiger partial charge in [-0.2, -0.15) is 0 Å². The molecule has 0 fully saturated rings. The van der Waals surface area contributed by atoms with Gasteiger partial charge in [-0.25, -0.2) is 9.97 Å². The highest BCUT2D eigenvalue weighted by atomic mass is 16.5. The van der Waals surface area contributed by atoms with Crippen LogP contribution >= 0.6 is 0 Å². The van der Waals surface area contributed by atoms with Crippen LogP contribution in [0.25, 0.3) is 0 Å². The number of hydrogen-bond donors (Lipinski definition) is 1. The Labute approximate surface area is 83.0 Å². The molecular formula is C10H14N2O2. The molecule has 1 aromatic rings. The van der Waals surface area contributed by atoms with E-state index in [0.717, 1.165) is 35.8 Å². The monoisotopic (exact) mass is 194 g/mol. The molecule has 1 aliphatic rings. The molecule has 4 heteroatoms. The van der Waals surface area contributed by atoms with Crippen molar-refractivity contribution >= 4 is 0 Å². The number of nitrogens with zero attached hydrogens (tertiary/aromatic N) is 2. The third-order valence-corrected chi connectivity index (χ3v) is 2.41. The molecule has 76 valence electrons. The number of aliphatic hydroxyl groups excluding tert-OH is 1. The van der Waals surface area contributed by atoms with Crippen molar-refractivity contribution in [2.24, 2.45) is 0 Å². The van der Waals surface area contributed by atoms with Crippen molar-refractivity contribution in [1.82, 2.24) is 9.97 Å². The Morgan fingerprint density at radius 3 is 3.07 bits per heavy atom. The van der Waals surface area contributed by atoms with Gasteiger partial charge in [0.2, 0.25) is 0 Å². The third-order valence-electron chi connectivity index (χ3n) is 2.41. The molecule has 0 radical (unpaired) electrons.